The van der Waals surface area contributed by atoms with Crippen LogP contribution in [-0.2, 0) is 4.79 Å². The minimum Gasteiger partial charge on any atom is -0.355 e. The van der Waals surface area contributed by atoms with E-state index in [1.54, 1.807) is 0 Å². The Balaban J connectivity index is 0. The summed E-state index contributed by atoms with van der Waals surface area (Å²) in [6, 6.07) is 0.358. The van der Waals surface area contributed by atoms with Gasteiger partial charge in [-0.05, 0) is 31.7 Å². The molecule has 0 unspecified atom stereocenters. The van der Waals surface area contributed by atoms with Crippen molar-refractivity contribution < 1.29 is 4.79 Å². The zero-order valence-electron chi connectivity index (χ0n) is 11.9. The topological polar surface area (TPSA) is 41.1 Å². The van der Waals surface area contributed by atoms with Gasteiger partial charge in [-0.3, -0.25) is 4.79 Å². The monoisotopic (exact) mass is 264 g/mol. The van der Waals surface area contributed by atoms with Crippen LogP contribution in [-0.4, -0.2) is 25.0 Å². The Hall–Kier alpha value is -0.280. The van der Waals surface area contributed by atoms with Gasteiger partial charge in [0.25, 0.3) is 0 Å². The summed E-state index contributed by atoms with van der Waals surface area (Å²) in [5, 5.41) is 6.22. The van der Waals surface area contributed by atoms with Gasteiger partial charge in [-0.1, -0.05) is 27.7 Å². The summed E-state index contributed by atoms with van der Waals surface area (Å²) in [5.74, 6) is 0.175. The molecule has 0 heterocycles. The lowest BCUT2D eigenvalue weighted by atomic mass is 9.90. The molecule has 2 N–H and O–H groups in total. The number of halogens is 1. The molecular weight excluding hydrogens is 236 g/mol. The summed E-state index contributed by atoms with van der Waals surface area (Å²) in [6.07, 6.45) is 2.73. The summed E-state index contributed by atoms with van der Waals surface area (Å²) in [6.45, 7) is 12.4. The van der Waals surface area contributed by atoms with Crippen LogP contribution in [0.4, 0.5) is 0 Å². The zero-order chi connectivity index (χ0) is 12.6. The number of amides is 1. The highest BCUT2D eigenvalue weighted by atomic mass is 35.5. The molecule has 0 rings (SSSR count). The Morgan fingerprint density at radius 3 is 2.35 bits per heavy atom. The second-order valence-corrected chi connectivity index (χ2v) is 5.68. The van der Waals surface area contributed by atoms with E-state index >= 15 is 0 Å². The van der Waals surface area contributed by atoms with Gasteiger partial charge in [-0.2, -0.15) is 0 Å². The number of hydrogen-bond donors (Lipinski definition) is 2. The molecule has 3 nitrogen and oxygen atoms in total. The lowest BCUT2D eigenvalue weighted by Gasteiger charge is -2.18. The quantitative estimate of drug-likeness (QED) is 0.742. The predicted molar refractivity (Wildman–Crippen MR) is 76.7 cm³/mol. The lowest BCUT2D eigenvalue weighted by Crippen LogP contribution is -2.38. The van der Waals surface area contributed by atoms with Crippen LogP contribution in [0.2, 0.25) is 0 Å². The number of likely N-dealkylation sites (N-methyl/N-ethyl adjacent to an activating group) is 1. The first-order valence-corrected chi connectivity index (χ1v) is 6.35. The molecule has 0 aliphatic rings. The first-order valence-electron chi connectivity index (χ1n) is 6.35. The van der Waals surface area contributed by atoms with Crippen LogP contribution in [0.15, 0.2) is 0 Å². The highest BCUT2D eigenvalue weighted by Gasteiger charge is 2.11. The van der Waals surface area contributed by atoms with Crippen molar-refractivity contribution in [2.45, 2.75) is 59.9 Å². The molecular formula is C13H29ClN2O. The van der Waals surface area contributed by atoms with Crippen LogP contribution >= 0.6 is 12.4 Å². The smallest absolute Gasteiger partial charge is 0.220 e. The highest BCUT2D eigenvalue weighted by molar-refractivity contribution is 5.85. The second kappa shape index (κ2) is 9.72. The third-order valence-electron chi connectivity index (χ3n) is 2.49. The van der Waals surface area contributed by atoms with Gasteiger partial charge in [0.05, 0.1) is 0 Å². The van der Waals surface area contributed by atoms with Gasteiger partial charge in [0.2, 0.25) is 5.91 Å². The standard InChI is InChI=1S/C13H28N2O.ClH/c1-6-14-11(2)10-15-12(16)8-7-9-13(3,4)5;/h11,14H,6-10H2,1-5H3,(H,15,16);1H/t11-;/m1./s1. The molecule has 0 spiro atoms. The summed E-state index contributed by atoms with van der Waals surface area (Å²) in [4.78, 5) is 11.5. The highest BCUT2D eigenvalue weighted by Crippen LogP contribution is 2.21. The molecule has 0 fully saturated rings. The van der Waals surface area contributed by atoms with E-state index in [1.165, 1.54) is 0 Å². The number of carbonyl (C=O) groups is 1. The second-order valence-electron chi connectivity index (χ2n) is 5.68. The number of rotatable bonds is 7. The fourth-order valence-electron chi connectivity index (χ4n) is 1.56. The minimum absolute atomic E-state index is 0. The van der Waals surface area contributed by atoms with Crippen LogP contribution < -0.4 is 10.6 Å². The van der Waals surface area contributed by atoms with Gasteiger partial charge in [0, 0.05) is 19.0 Å². The van der Waals surface area contributed by atoms with E-state index < -0.39 is 0 Å². The van der Waals surface area contributed by atoms with Crippen molar-refractivity contribution in [1.29, 1.82) is 0 Å². The van der Waals surface area contributed by atoms with Crippen molar-refractivity contribution in [3.05, 3.63) is 0 Å². The molecule has 1 atom stereocenters. The first kappa shape index (κ1) is 19.1. The number of hydrogen-bond acceptors (Lipinski definition) is 2. The molecule has 104 valence electrons. The maximum atomic E-state index is 11.5. The van der Waals surface area contributed by atoms with E-state index in [0.29, 0.717) is 17.9 Å². The molecule has 0 aromatic carbocycles. The number of carbonyl (C=O) groups excluding carboxylic acids is 1. The van der Waals surface area contributed by atoms with Crippen molar-refractivity contribution in [3.63, 3.8) is 0 Å². The van der Waals surface area contributed by atoms with E-state index in [9.17, 15) is 4.79 Å². The fourth-order valence-corrected chi connectivity index (χ4v) is 1.56. The van der Waals surface area contributed by atoms with Crippen molar-refractivity contribution in [2.24, 2.45) is 5.41 Å². The third kappa shape index (κ3) is 13.7. The molecule has 0 aliphatic carbocycles. The lowest BCUT2D eigenvalue weighted by molar-refractivity contribution is -0.121. The average Bonchev–Trinajstić information content (AvgIpc) is 2.13. The summed E-state index contributed by atoms with van der Waals surface area (Å²) < 4.78 is 0. The van der Waals surface area contributed by atoms with Crippen LogP contribution in [0.5, 0.6) is 0 Å². The van der Waals surface area contributed by atoms with Crippen LogP contribution in [0.3, 0.4) is 0 Å². The molecule has 1 amide bonds. The van der Waals surface area contributed by atoms with Crippen molar-refractivity contribution in [2.75, 3.05) is 13.1 Å². The van der Waals surface area contributed by atoms with Crippen molar-refractivity contribution in [3.8, 4) is 0 Å². The Bertz CT molecular complexity index is 202. The first-order chi connectivity index (χ1) is 7.35. The molecule has 0 saturated heterocycles. The van der Waals surface area contributed by atoms with E-state index in [4.69, 9.17) is 0 Å². The van der Waals surface area contributed by atoms with Crippen LogP contribution in [0.1, 0.15) is 53.9 Å². The Morgan fingerprint density at radius 2 is 1.88 bits per heavy atom. The summed E-state index contributed by atoms with van der Waals surface area (Å²) in [5.41, 5.74) is 0.331. The van der Waals surface area contributed by atoms with Crippen LogP contribution in [0, 0.1) is 5.41 Å². The maximum absolute atomic E-state index is 11.5. The molecule has 0 radical (unpaired) electrons. The van der Waals surface area contributed by atoms with E-state index in [0.717, 1.165) is 25.9 Å². The van der Waals surface area contributed by atoms with E-state index in [-0.39, 0.29) is 18.3 Å². The van der Waals surface area contributed by atoms with E-state index in [1.807, 2.05) is 0 Å². The maximum Gasteiger partial charge on any atom is 0.220 e. The molecule has 4 heteroatoms. The van der Waals surface area contributed by atoms with Crippen molar-refractivity contribution >= 4 is 18.3 Å². The van der Waals surface area contributed by atoms with Crippen molar-refractivity contribution in [1.82, 2.24) is 10.6 Å². The molecule has 0 aromatic rings. The molecule has 0 aliphatic heterocycles. The van der Waals surface area contributed by atoms with Gasteiger partial charge in [0.15, 0.2) is 0 Å². The average molecular weight is 265 g/mol. The Kier molecular flexibility index (Phi) is 10.9. The third-order valence-corrected chi connectivity index (χ3v) is 2.49. The Morgan fingerprint density at radius 1 is 1.29 bits per heavy atom. The van der Waals surface area contributed by atoms with Gasteiger partial charge in [-0.25, -0.2) is 0 Å². The van der Waals surface area contributed by atoms with E-state index in [2.05, 4.69) is 45.3 Å². The fraction of sp³-hybridized carbons (Fsp3) is 0.923. The SMILES string of the molecule is CCN[C@H](C)CNC(=O)CCCC(C)(C)C.Cl. The van der Waals surface area contributed by atoms with Gasteiger partial charge in [-0.15, -0.1) is 12.4 Å². The van der Waals surface area contributed by atoms with Crippen LogP contribution in [0.25, 0.3) is 0 Å². The predicted octanol–water partition coefficient (Wildman–Crippen LogP) is 2.74. The molecule has 0 bridgehead atoms. The molecule has 17 heavy (non-hydrogen) atoms. The largest absolute Gasteiger partial charge is 0.355 e. The van der Waals surface area contributed by atoms with Gasteiger partial charge < -0.3 is 10.6 Å². The minimum atomic E-state index is 0. The Labute approximate surface area is 113 Å². The summed E-state index contributed by atoms with van der Waals surface area (Å²) in [7, 11) is 0. The molecule has 0 aromatic heterocycles. The molecule has 0 saturated carbocycles. The normalized spacial score (nSPS) is 12.8. The number of nitrogens with one attached hydrogen (secondary N) is 2. The van der Waals surface area contributed by atoms with Gasteiger partial charge in [0.1, 0.15) is 0 Å². The van der Waals surface area contributed by atoms with Gasteiger partial charge >= 0.3 is 0 Å². The zero-order valence-corrected chi connectivity index (χ0v) is 12.7. The summed E-state index contributed by atoms with van der Waals surface area (Å²) >= 11 is 0.